The zero-order valence-corrected chi connectivity index (χ0v) is 18.4. The molecule has 0 bridgehead atoms. The minimum atomic E-state index is -0.236. The number of piperidine rings is 1. The van der Waals surface area contributed by atoms with Gasteiger partial charge in [0.15, 0.2) is 0 Å². The summed E-state index contributed by atoms with van der Waals surface area (Å²) in [5, 5.41) is 2.05. The molecule has 2 saturated heterocycles. The lowest BCUT2D eigenvalue weighted by Crippen LogP contribution is -2.47. The first-order chi connectivity index (χ1) is 15.2. The number of hydrogen-bond donors (Lipinski definition) is 0. The second-order valence-corrected chi connectivity index (χ2v) is 8.87. The highest BCUT2D eigenvalue weighted by molar-refractivity contribution is 8.02. The van der Waals surface area contributed by atoms with Gasteiger partial charge in [-0.3, -0.25) is 9.69 Å². The summed E-state index contributed by atoms with van der Waals surface area (Å²) in [5.74, 6) is 0.971. The summed E-state index contributed by atoms with van der Waals surface area (Å²) in [6, 6.07) is 20.3. The van der Waals surface area contributed by atoms with E-state index in [1.807, 2.05) is 58.3 Å². The summed E-state index contributed by atoms with van der Waals surface area (Å²) in [4.78, 5) is 28.8. The summed E-state index contributed by atoms with van der Waals surface area (Å²) in [7, 11) is 0. The molecule has 6 heteroatoms. The Bertz CT molecular complexity index is 895. The maximum atomic E-state index is 12.6. The molecule has 5 nitrogen and oxygen atoms in total. The van der Waals surface area contributed by atoms with Crippen LogP contribution in [0.1, 0.15) is 36.4 Å². The van der Waals surface area contributed by atoms with Crippen molar-refractivity contribution in [3.05, 3.63) is 77.2 Å². The SMILES string of the molecule is O=C(CCSC=Cc1ccccc1)N1CCC(N2C(=O)OCC2c2ccccc2)CC1. The second-order valence-electron chi connectivity index (χ2n) is 7.86. The molecule has 2 heterocycles. The number of carbonyl (C=O) groups is 2. The van der Waals surface area contributed by atoms with Gasteiger partial charge in [0.05, 0.1) is 6.04 Å². The number of ether oxygens (including phenoxy) is 1. The van der Waals surface area contributed by atoms with Crippen LogP contribution in [0.2, 0.25) is 0 Å². The van der Waals surface area contributed by atoms with Crippen molar-refractivity contribution < 1.29 is 14.3 Å². The maximum absolute atomic E-state index is 12.6. The Labute approximate surface area is 188 Å². The Morgan fingerprint density at radius 1 is 1.03 bits per heavy atom. The second kappa shape index (κ2) is 10.5. The number of amides is 2. The molecule has 0 aliphatic carbocycles. The van der Waals surface area contributed by atoms with Gasteiger partial charge >= 0.3 is 6.09 Å². The highest BCUT2D eigenvalue weighted by atomic mass is 32.2. The molecule has 4 rings (SSSR count). The summed E-state index contributed by atoms with van der Waals surface area (Å²) in [5.41, 5.74) is 2.27. The zero-order valence-electron chi connectivity index (χ0n) is 17.6. The topological polar surface area (TPSA) is 49.9 Å². The van der Waals surface area contributed by atoms with Crippen molar-refractivity contribution in [3.63, 3.8) is 0 Å². The molecular weight excluding hydrogens is 408 g/mol. The van der Waals surface area contributed by atoms with Gasteiger partial charge in [-0.15, -0.1) is 11.8 Å². The number of likely N-dealkylation sites (tertiary alicyclic amines) is 1. The van der Waals surface area contributed by atoms with Gasteiger partial charge in [0.1, 0.15) is 6.61 Å². The minimum absolute atomic E-state index is 0.0336. The van der Waals surface area contributed by atoms with Gasteiger partial charge in [0.25, 0.3) is 0 Å². The van der Waals surface area contributed by atoms with E-state index in [9.17, 15) is 9.59 Å². The van der Waals surface area contributed by atoms with Crippen LogP contribution in [0.25, 0.3) is 6.08 Å². The molecule has 2 aliphatic heterocycles. The van der Waals surface area contributed by atoms with Crippen molar-refractivity contribution >= 4 is 29.8 Å². The van der Waals surface area contributed by atoms with E-state index in [1.165, 1.54) is 0 Å². The minimum Gasteiger partial charge on any atom is -0.447 e. The summed E-state index contributed by atoms with van der Waals surface area (Å²) >= 11 is 1.66. The quantitative estimate of drug-likeness (QED) is 0.576. The number of rotatable bonds is 7. The molecule has 2 aliphatic rings. The Kier molecular flexibility index (Phi) is 7.30. The van der Waals surface area contributed by atoms with Crippen LogP contribution in [0.4, 0.5) is 4.79 Å². The van der Waals surface area contributed by atoms with Crippen molar-refractivity contribution in [3.8, 4) is 0 Å². The van der Waals surface area contributed by atoms with Crippen molar-refractivity contribution in [1.29, 1.82) is 0 Å². The summed E-state index contributed by atoms with van der Waals surface area (Å²) in [6.07, 6.45) is 3.96. The fraction of sp³-hybridized carbons (Fsp3) is 0.360. The third-order valence-corrected chi connectivity index (χ3v) is 6.66. The molecule has 2 aromatic carbocycles. The third kappa shape index (κ3) is 5.50. The highest BCUT2D eigenvalue weighted by Crippen LogP contribution is 2.33. The van der Waals surface area contributed by atoms with Crippen LogP contribution in [0.15, 0.2) is 66.1 Å². The van der Waals surface area contributed by atoms with E-state index < -0.39 is 0 Å². The van der Waals surface area contributed by atoms with Gasteiger partial charge in [0.2, 0.25) is 5.91 Å². The van der Waals surface area contributed by atoms with Crippen molar-refractivity contribution in [2.75, 3.05) is 25.4 Å². The number of thioether (sulfide) groups is 1. The maximum Gasteiger partial charge on any atom is 0.410 e. The molecule has 2 fully saturated rings. The van der Waals surface area contributed by atoms with Crippen molar-refractivity contribution in [1.82, 2.24) is 9.80 Å². The normalized spacial score (nSPS) is 19.7. The average Bonchev–Trinajstić information content (AvgIpc) is 3.21. The molecule has 2 amide bonds. The third-order valence-electron chi connectivity index (χ3n) is 5.90. The van der Waals surface area contributed by atoms with E-state index in [2.05, 4.69) is 23.6 Å². The largest absolute Gasteiger partial charge is 0.447 e. The van der Waals surface area contributed by atoms with Crippen LogP contribution in [-0.4, -0.2) is 53.3 Å². The van der Waals surface area contributed by atoms with Crippen LogP contribution >= 0.6 is 11.8 Å². The van der Waals surface area contributed by atoms with Gasteiger partial charge in [-0.1, -0.05) is 60.7 Å². The van der Waals surface area contributed by atoms with Gasteiger partial charge in [0, 0.05) is 31.3 Å². The summed E-state index contributed by atoms with van der Waals surface area (Å²) in [6.45, 7) is 1.79. The summed E-state index contributed by atoms with van der Waals surface area (Å²) < 4.78 is 5.37. The lowest BCUT2D eigenvalue weighted by atomic mass is 9.99. The first kappa shape index (κ1) is 21.5. The van der Waals surface area contributed by atoms with E-state index in [4.69, 9.17) is 4.74 Å². The molecule has 1 atom stereocenters. The molecule has 0 aromatic heterocycles. The first-order valence-corrected chi connectivity index (χ1v) is 11.9. The Balaban J connectivity index is 1.23. The first-order valence-electron chi connectivity index (χ1n) is 10.8. The standard InChI is InChI=1S/C25H28N2O3S/c28-24(14-18-31-17-13-20-7-3-1-4-8-20)26-15-11-22(12-16-26)27-23(19-30-25(27)29)21-9-5-2-6-10-21/h1-10,13,17,22-23H,11-12,14-16,18-19H2. The molecule has 31 heavy (non-hydrogen) atoms. The molecular formula is C25H28N2O3S. The molecule has 0 spiro atoms. The fourth-order valence-electron chi connectivity index (χ4n) is 4.22. The van der Waals surface area contributed by atoms with E-state index in [0.717, 1.165) is 29.7 Å². The Morgan fingerprint density at radius 2 is 1.71 bits per heavy atom. The van der Waals surface area contributed by atoms with Gasteiger partial charge in [-0.05, 0) is 35.5 Å². The molecule has 162 valence electrons. The van der Waals surface area contributed by atoms with E-state index in [0.29, 0.717) is 26.1 Å². The molecule has 1 unspecified atom stereocenters. The van der Waals surface area contributed by atoms with Gasteiger partial charge < -0.3 is 9.64 Å². The number of carbonyl (C=O) groups excluding carboxylic acids is 2. The smallest absolute Gasteiger partial charge is 0.410 e. The molecule has 0 radical (unpaired) electrons. The van der Waals surface area contributed by atoms with E-state index >= 15 is 0 Å². The van der Waals surface area contributed by atoms with Crippen LogP contribution in [-0.2, 0) is 9.53 Å². The number of benzene rings is 2. The highest BCUT2D eigenvalue weighted by Gasteiger charge is 2.40. The van der Waals surface area contributed by atoms with Crippen LogP contribution in [0, 0.1) is 0 Å². The van der Waals surface area contributed by atoms with Crippen molar-refractivity contribution in [2.45, 2.75) is 31.3 Å². The number of nitrogens with zero attached hydrogens (tertiary/aromatic N) is 2. The van der Waals surface area contributed by atoms with Crippen LogP contribution in [0.5, 0.6) is 0 Å². The Morgan fingerprint density at radius 3 is 2.42 bits per heavy atom. The van der Waals surface area contributed by atoms with Crippen molar-refractivity contribution in [2.24, 2.45) is 0 Å². The monoisotopic (exact) mass is 436 g/mol. The number of hydrogen-bond acceptors (Lipinski definition) is 4. The van der Waals surface area contributed by atoms with E-state index in [-0.39, 0.29) is 24.1 Å². The lowest BCUT2D eigenvalue weighted by Gasteiger charge is -2.38. The van der Waals surface area contributed by atoms with Crippen LogP contribution in [0.3, 0.4) is 0 Å². The average molecular weight is 437 g/mol. The van der Waals surface area contributed by atoms with Gasteiger partial charge in [-0.2, -0.15) is 0 Å². The molecule has 0 saturated carbocycles. The fourth-order valence-corrected chi connectivity index (χ4v) is 4.91. The van der Waals surface area contributed by atoms with E-state index in [1.54, 1.807) is 11.8 Å². The predicted octanol–water partition coefficient (Wildman–Crippen LogP) is 4.97. The Hall–Kier alpha value is -2.73. The molecule has 0 N–H and O–H groups in total. The predicted molar refractivity (Wildman–Crippen MR) is 125 cm³/mol. The lowest BCUT2D eigenvalue weighted by molar-refractivity contribution is -0.132. The van der Waals surface area contributed by atoms with Gasteiger partial charge in [-0.25, -0.2) is 4.79 Å². The zero-order chi connectivity index (χ0) is 21.5. The number of cyclic esters (lactones) is 1. The molecule has 2 aromatic rings. The van der Waals surface area contributed by atoms with Crippen LogP contribution < -0.4 is 0 Å².